The molecule has 184 valence electrons. The fourth-order valence-electron chi connectivity index (χ4n) is 3.97. The highest BCUT2D eigenvalue weighted by Gasteiger charge is 2.16. The molecule has 0 aromatic heterocycles. The van der Waals surface area contributed by atoms with Crippen molar-refractivity contribution < 1.29 is 14.2 Å². The zero-order valence-corrected chi connectivity index (χ0v) is 21.5. The zero-order chi connectivity index (χ0) is 25.1. The zero-order valence-electron chi connectivity index (χ0n) is 21.5. The molecule has 0 aliphatic carbocycles. The first-order valence-corrected chi connectivity index (χ1v) is 12.5. The molecule has 0 N–H and O–H groups in total. The monoisotopic (exact) mass is 471 g/mol. The average molecular weight is 472 g/mol. The second-order valence-electron chi connectivity index (χ2n) is 9.47. The summed E-state index contributed by atoms with van der Waals surface area (Å²) >= 11 is 0. The van der Waals surface area contributed by atoms with Crippen LogP contribution in [0.2, 0.25) is 0 Å². The van der Waals surface area contributed by atoms with E-state index in [0.29, 0.717) is 13.2 Å². The minimum Gasteiger partial charge on any atom is -0.497 e. The van der Waals surface area contributed by atoms with Gasteiger partial charge >= 0.3 is 0 Å². The van der Waals surface area contributed by atoms with E-state index in [4.69, 9.17) is 14.2 Å². The first kappa shape index (κ1) is 26.2. The van der Waals surface area contributed by atoms with E-state index >= 15 is 0 Å². The number of unbranched alkanes of at least 4 members (excludes halogenated alkanes) is 2. The number of aryl methyl sites for hydroxylation is 1. The molecule has 3 rings (SSSR count). The van der Waals surface area contributed by atoms with Crippen LogP contribution in [0.3, 0.4) is 0 Å². The predicted octanol–water partition coefficient (Wildman–Crippen LogP) is 7.99. The molecule has 3 aromatic carbocycles. The number of nitrogens with zero attached hydrogens (tertiary/aromatic N) is 1. The molecule has 35 heavy (non-hydrogen) atoms. The van der Waals surface area contributed by atoms with E-state index in [2.05, 4.69) is 37.3 Å². The van der Waals surface area contributed by atoms with E-state index in [0.717, 1.165) is 71.6 Å². The second kappa shape index (κ2) is 12.9. The van der Waals surface area contributed by atoms with Crippen LogP contribution < -0.4 is 14.2 Å². The summed E-state index contributed by atoms with van der Waals surface area (Å²) in [6.45, 7) is 7.27. The maximum absolute atomic E-state index is 9.19. The molecule has 0 fully saturated rings. The minimum absolute atomic E-state index is 0.253. The number of benzene rings is 3. The largest absolute Gasteiger partial charge is 0.497 e. The van der Waals surface area contributed by atoms with Gasteiger partial charge in [0, 0.05) is 11.6 Å². The third-order valence-electron chi connectivity index (χ3n) is 6.17. The Kier molecular flexibility index (Phi) is 9.61. The van der Waals surface area contributed by atoms with E-state index in [1.807, 2.05) is 56.3 Å². The molecule has 0 saturated carbocycles. The van der Waals surface area contributed by atoms with E-state index in [-0.39, 0.29) is 5.41 Å². The van der Waals surface area contributed by atoms with Crippen molar-refractivity contribution in [1.29, 1.82) is 5.26 Å². The van der Waals surface area contributed by atoms with Crippen molar-refractivity contribution in [2.24, 2.45) is 5.41 Å². The van der Waals surface area contributed by atoms with Crippen LogP contribution >= 0.6 is 0 Å². The van der Waals surface area contributed by atoms with Crippen LogP contribution in [0, 0.1) is 16.7 Å². The van der Waals surface area contributed by atoms with Crippen molar-refractivity contribution in [2.75, 3.05) is 13.7 Å². The third-order valence-corrected chi connectivity index (χ3v) is 6.17. The van der Waals surface area contributed by atoms with Crippen LogP contribution in [0.25, 0.3) is 11.1 Å². The first-order valence-electron chi connectivity index (χ1n) is 12.5. The Labute approximate surface area is 210 Å². The van der Waals surface area contributed by atoms with Gasteiger partial charge in [-0.15, -0.1) is 0 Å². The number of rotatable bonds is 13. The van der Waals surface area contributed by atoms with Gasteiger partial charge in [0.2, 0.25) is 0 Å². The lowest BCUT2D eigenvalue weighted by molar-refractivity contribution is 0.286. The lowest BCUT2D eigenvalue weighted by Gasteiger charge is -2.18. The van der Waals surface area contributed by atoms with Crippen LogP contribution in [0.1, 0.15) is 57.6 Å². The summed E-state index contributed by atoms with van der Waals surface area (Å²) in [5, 5.41) is 9.19. The van der Waals surface area contributed by atoms with Crippen molar-refractivity contribution in [1.82, 2.24) is 0 Å². The molecule has 0 atom stereocenters. The Balaban J connectivity index is 1.78. The van der Waals surface area contributed by atoms with Crippen LogP contribution in [-0.4, -0.2) is 13.7 Å². The molecule has 0 saturated heterocycles. The highest BCUT2D eigenvalue weighted by Crippen LogP contribution is 2.38. The Bertz CT molecular complexity index is 1120. The van der Waals surface area contributed by atoms with Gasteiger partial charge in [0.05, 0.1) is 25.2 Å². The van der Waals surface area contributed by atoms with Crippen molar-refractivity contribution in [3.05, 3.63) is 77.9 Å². The highest BCUT2D eigenvalue weighted by molar-refractivity contribution is 5.74. The Morgan fingerprint density at radius 2 is 1.66 bits per heavy atom. The lowest BCUT2D eigenvalue weighted by Crippen LogP contribution is -2.07. The standard InChI is InChI=1S/C31H37NO3/c1-5-25-20-28(26-15-12-16-27(19-26)33-4)30(35-22-24-13-8-6-9-14-24)21-29(25)34-18-11-7-10-17-31(2,3)23-32/h6,8-9,12-16,19-21H,5,7,10-11,17-18,22H2,1-4H3. The highest BCUT2D eigenvalue weighted by atomic mass is 16.5. The molecule has 4 heteroatoms. The van der Waals surface area contributed by atoms with Crippen molar-refractivity contribution in [2.45, 2.75) is 59.5 Å². The van der Waals surface area contributed by atoms with Crippen molar-refractivity contribution in [3.63, 3.8) is 0 Å². The van der Waals surface area contributed by atoms with E-state index in [9.17, 15) is 5.26 Å². The first-order chi connectivity index (χ1) is 17.0. The molecule has 0 aliphatic heterocycles. The summed E-state index contributed by atoms with van der Waals surface area (Å²) in [5.41, 5.74) is 4.10. The summed E-state index contributed by atoms with van der Waals surface area (Å²) in [7, 11) is 1.68. The van der Waals surface area contributed by atoms with Gasteiger partial charge in [0.25, 0.3) is 0 Å². The van der Waals surface area contributed by atoms with Gasteiger partial charge in [-0.1, -0.05) is 62.2 Å². The summed E-state index contributed by atoms with van der Waals surface area (Å²) in [6, 6.07) is 24.8. The summed E-state index contributed by atoms with van der Waals surface area (Å²) in [5.74, 6) is 2.49. The number of methoxy groups -OCH3 is 1. The Hall–Kier alpha value is -3.45. The summed E-state index contributed by atoms with van der Waals surface area (Å²) < 4.78 is 18.0. The molecule has 3 aromatic rings. The number of hydrogen-bond acceptors (Lipinski definition) is 4. The number of hydrogen-bond donors (Lipinski definition) is 0. The molecule has 0 aliphatic rings. The number of nitriles is 1. The lowest BCUT2D eigenvalue weighted by atomic mass is 9.89. The van der Waals surface area contributed by atoms with E-state index < -0.39 is 0 Å². The molecule has 4 nitrogen and oxygen atoms in total. The molecule has 0 bridgehead atoms. The van der Waals surface area contributed by atoms with Crippen molar-refractivity contribution in [3.8, 4) is 34.4 Å². The smallest absolute Gasteiger partial charge is 0.131 e. The normalized spacial score (nSPS) is 11.1. The molecule has 0 radical (unpaired) electrons. The van der Waals surface area contributed by atoms with Gasteiger partial charge in [0.1, 0.15) is 23.9 Å². The van der Waals surface area contributed by atoms with E-state index in [1.54, 1.807) is 7.11 Å². The van der Waals surface area contributed by atoms with Gasteiger partial charge < -0.3 is 14.2 Å². The van der Waals surface area contributed by atoms with E-state index in [1.165, 1.54) is 0 Å². The maximum atomic E-state index is 9.19. The molecule has 0 amide bonds. The summed E-state index contributed by atoms with van der Waals surface area (Å²) in [6.07, 6.45) is 4.82. The van der Waals surface area contributed by atoms with Gasteiger partial charge in [-0.05, 0) is 68.0 Å². The predicted molar refractivity (Wildman–Crippen MR) is 142 cm³/mol. The maximum Gasteiger partial charge on any atom is 0.131 e. The van der Waals surface area contributed by atoms with Crippen molar-refractivity contribution >= 4 is 0 Å². The Morgan fingerprint density at radius 3 is 2.37 bits per heavy atom. The van der Waals surface area contributed by atoms with Gasteiger partial charge in [0.15, 0.2) is 0 Å². The average Bonchev–Trinajstić information content (AvgIpc) is 2.89. The fourth-order valence-corrected chi connectivity index (χ4v) is 3.97. The SMILES string of the molecule is CCc1cc(-c2cccc(OC)c2)c(OCc2ccccc2)cc1OCCCCCC(C)(C)C#N. The Morgan fingerprint density at radius 1 is 0.857 bits per heavy atom. The van der Waals surface area contributed by atoms with Gasteiger partial charge in [-0.25, -0.2) is 0 Å². The molecule has 0 spiro atoms. The molecule has 0 heterocycles. The van der Waals surface area contributed by atoms with Crippen LogP contribution in [0.15, 0.2) is 66.7 Å². The molecular formula is C31H37NO3. The quantitative estimate of drug-likeness (QED) is 0.237. The summed E-state index contributed by atoms with van der Waals surface area (Å²) in [4.78, 5) is 0. The van der Waals surface area contributed by atoms with Crippen LogP contribution in [-0.2, 0) is 13.0 Å². The van der Waals surface area contributed by atoms with Gasteiger partial charge in [-0.3, -0.25) is 0 Å². The second-order valence-corrected chi connectivity index (χ2v) is 9.47. The van der Waals surface area contributed by atoms with Gasteiger partial charge in [-0.2, -0.15) is 5.26 Å². The number of ether oxygens (including phenoxy) is 3. The third kappa shape index (κ3) is 7.79. The van der Waals surface area contributed by atoms with Crippen LogP contribution in [0.5, 0.6) is 17.2 Å². The topological polar surface area (TPSA) is 51.5 Å². The fraction of sp³-hybridized carbons (Fsp3) is 0.387. The van der Waals surface area contributed by atoms with Crippen LogP contribution in [0.4, 0.5) is 0 Å². The molecular weight excluding hydrogens is 434 g/mol. The molecule has 0 unspecified atom stereocenters. The minimum atomic E-state index is -0.253.